The number of nitrogens with zero attached hydrogens (tertiary/aromatic N) is 3. The van der Waals surface area contributed by atoms with Gasteiger partial charge in [-0.1, -0.05) is 6.07 Å². The molecule has 1 fully saturated rings. The van der Waals surface area contributed by atoms with Crippen LogP contribution in [0, 0.1) is 5.82 Å². The Hall–Kier alpha value is -2.34. The van der Waals surface area contributed by atoms with E-state index in [1.165, 1.54) is 17.7 Å². The quantitative estimate of drug-likeness (QED) is 0.911. The highest BCUT2D eigenvalue weighted by atomic mass is 19.1. The Morgan fingerprint density at radius 1 is 1.36 bits per heavy atom. The molecule has 1 saturated heterocycles. The summed E-state index contributed by atoms with van der Waals surface area (Å²) in [5, 5.41) is 3.32. The number of hydrogen-bond donors (Lipinski definition) is 1. The Labute approximate surface area is 146 Å². The molecule has 0 spiro atoms. The third-order valence-electron chi connectivity index (χ3n) is 4.97. The first-order valence-corrected chi connectivity index (χ1v) is 8.81. The van der Waals surface area contributed by atoms with Crippen LogP contribution in [0.5, 0.6) is 0 Å². The van der Waals surface area contributed by atoms with E-state index in [-0.39, 0.29) is 17.6 Å². The lowest BCUT2D eigenvalue weighted by atomic mass is 9.96. The van der Waals surface area contributed by atoms with Crippen LogP contribution in [0.15, 0.2) is 30.5 Å². The fourth-order valence-corrected chi connectivity index (χ4v) is 3.62. The SMILES string of the molecule is O=C(c1cccc(F)c1)N1CCC[C@@H](c2ncc3c(n2)CCNC3)C1. The van der Waals surface area contributed by atoms with Crippen molar-refractivity contribution >= 4 is 5.91 Å². The van der Waals surface area contributed by atoms with Crippen LogP contribution >= 0.6 is 0 Å². The molecule has 0 unspecified atom stereocenters. The summed E-state index contributed by atoms with van der Waals surface area (Å²) in [6.07, 6.45) is 4.72. The van der Waals surface area contributed by atoms with Crippen molar-refractivity contribution in [1.29, 1.82) is 0 Å². The van der Waals surface area contributed by atoms with Crippen molar-refractivity contribution in [2.45, 2.75) is 31.7 Å². The van der Waals surface area contributed by atoms with E-state index in [1.807, 2.05) is 6.20 Å². The molecule has 2 aliphatic heterocycles. The predicted molar refractivity (Wildman–Crippen MR) is 91.7 cm³/mol. The summed E-state index contributed by atoms with van der Waals surface area (Å²) in [5.74, 6) is 0.473. The predicted octanol–water partition coefficient (Wildman–Crippen LogP) is 2.28. The van der Waals surface area contributed by atoms with Crippen molar-refractivity contribution in [2.24, 2.45) is 0 Å². The number of hydrogen-bond acceptors (Lipinski definition) is 4. The number of amides is 1. The third-order valence-corrected chi connectivity index (χ3v) is 4.97. The summed E-state index contributed by atoms with van der Waals surface area (Å²) in [6, 6.07) is 5.89. The molecule has 5 nitrogen and oxygen atoms in total. The van der Waals surface area contributed by atoms with Crippen LogP contribution in [0.1, 0.15) is 46.2 Å². The van der Waals surface area contributed by atoms with Crippen LogP contribution in [-0.4, -0.2) is 40.4 Å². The van der Waals surface area contributed by atoms with Gasteiger partial charge in [-0.2, -0.15) is 0 Å². The molecule has 1 aromatic heterocycles. The minimum atomic E-state index is -0.383. The smallest absolute Gasteiger partial charge is 0.253 e. The normalized spacial score (nSPS) is 20.2. The molecular weight excluding hydrogens is 319 g/mol. The zero-order valence-corrected chi connectivity index (χ0v) is 14.0. The number of halogens is 1. The lowest BCUT2D eigenvalue weighted by molar-refractivity contribution is 0.0704. The van der Waals surface area contributed by atoms with Crippen LogP contribution in [0.25, 0.3) is 0 Å². The highest BCUT2D eigenvalue weighted by Crippen LogP contribution is 2.26. The number of likely N-dealkylation sites (tertiary alicyclic amines) is 1. The summed E-state index contributed by atoms with van der Waals surface area (Å²) in [6.45, 7) is 3.05. The first-order valence-electron chi connectivity index (χ1n) is 8.81. The summed E-state index contributed by atoms with van der Waals surface area (Å²) in [7, 11) is 0. The molecule has 3 heterocycles. The van der Waals surface area contributed by atoms with Gasteiger partial charge in [0.15, 0.2) is 0 Å². The van der Waals surface area contributed by atoms with Gasteiger partial charge in [-0.05, 0) is 31.0 Å². The number of piperidine rings is 1. The van der Waals surface area contributed by atoms with E-state index in [4.69, 9.17) is 4.98 Å². The van der Waals surface area contributed by atoms with Gasteiger partial charge >= 0.3 is 0 Å². The van der Waals surface area contributed by atoms with Crippen molar-refractivity contribution in [3.8, 4) is 0 Å². The molecule has 1 N–H and O–H groups in total. The lowest BCUT2D eigenvalue weighted by Crippen LogP contribution is -2.39. The number of nitrogens with one attached hydrogen (secondary N) is 1. The first kappa shape index (κ1) is 16.1. The number of carbonyl (C=O) groups excluding carboxylic acids is 1. The Morgan fingerprint density at radius 2 is 2.28 bits per heavy atom. The molecule has 0 bridgehead atoms. The molecule has 0 aliphatic carbocycles. The van der Waals surface area contributed by atoms with Crippen molar-refractivity contribution in [3.63, 3.8) is 0 Å². The van der Waals surface area contributed by atoms with Gasteiger partial charge < -0.3 is 10.2 Å². The monoisotopic (exact) mass is 340 g/mol. The number of benzene rings is 1. The van der Waals surface area contributed by atoms with Gasteiger partial charge in [-0.3, -0.25) is 4.79 Å². The molecule has 6 heteroatoms. The highest BCUT2D eigenvalue weighted by Gasteiger charge is 2.28. The Balaban J connectivity index is 1.52. The van der Waals surface area contributed by atoms with E-state index in [9.17, 15) is 9.18 Å². The maximum absolute atomic E-state index is 13.4. The Morgan fingerprint density at radius 3 is 3.16 bits per heavy atom. The molecule has 25 heavy (non-hydrogen) atoms. The molecule has 2 aliphatic rings. The van der Waals surface area contributed by atoms with Crippen molar-refractivity contribution in [1.82, 2.24) is 20.2 Å². The van der Waals surface area contributed by atoms with E-state index in [0.29, 0.717) is 18.7 Å². The second-order valence-electron chi connectivity index (χ2n) is 6.73. The molecule has 130 valence electrons. The van der Waals surface area contributed by atoms with E-state index in [1.54, 1.807) is 17.0 Å². The van der Waals surface area contributed by atoms with E-state index >= 15 is 0 Å². The molecule has 0 radical (unpaired) electrons. The second kappa shape index (κ2) is 6.88. The van der Waals surface area contributed by atoms with E-state index < -0.39 is 0 Å². The second-order valence-corrected chi connectivity index (χ2v) is 6.73. The van der Waals surface area contributed by atoms with Gasteiger partial charge in [0.1, 0.15) is 11.6 Å². The first-order chi connectivity index (χ1) is 12.2. The maximum Gasteiger partial charge on any atom is 0.253 e. The number of carbonyl (C=O) groups is 1. The topological polar surface area (TPSA) is 58.1 Å². The van der Waals surface area contributed by atoms with E-state index in [2.05, 4.69) is 10.3 Å². The van der Waals surface area contributed by atoms with Crippen LogP contribution in [0.2, 0.25) is 0 Å². The molecule has 4 rings (SSSR count). The minimum absolute atomic E-state index is 0.119. The molecule has 0 saturated carbocycles. The molecule has 2 aromatic rings. The van der Waals surface area contributed by atoms with Gasteiger partial charge in [0.05, 0.1) is 0 Å². The summed E-state index contributed by atoms with van der Waals surface area (Å²) in [5.41, 5.74) is 2.69. The zero-order chi connectivity index (χ0) is 17.2. The number of aromatic nitrogens is 2. The summed E-state index contributed by atoms with van der Waals surface area (Å²) < 4.78 is 13.4. The van der Waals surface area contributed by atoms with Gasteiger partial charge in [0, 0.05) is 61.5 Å². The summed E-state index contributed by atoms with van der Waals surface area (Å²) in [4.78, 5) is 23.8. The Bertz CT molecular complexity index is 795. The highest BCUT2D eigenvalue weighted by molar-refractivity contribution is 5.94. The van der Waals surface area contributed by atoms with Crippen molar-refractivity contribution in [3.05, 3.63) is 58.9 Å². The molecule has 1 amide bonds. The van der Waals surface area contributed by atoms with Crippen molar-refractivity contribution < 1.29 is 9.18 Å². The van der Waals surface area contributed by atoms with Gasteiger partial charge in [0.2, 0.25) is 0 Å². The van der Waals surface area contributed by atoms with Crippen molar-refractivity contribution in [2.75, 3.05) is 19.6 Å². The average Bonchev–Trinajstić information content (AvgIpc) is 2.67. The third kappa shape index (κ3) is 3.39. The lowest BCUT2D eigenvalue weighted by Gasteiger charge is -2.32. The number of rotatable bonds is 2. The van der Waals surface area contributed by atoms with Crippen LogP contribution in [0.4, 0.5) is 4.39 Å². The van der Waals surface area contributed by atoms with Gasteiger partial charge in [0.25, 0.3) is 5.91 Å². The molecule has 1 aromatic carbocycles. The molecular formula is C19H21FN4O. The largest absolute Gasteiger partial charge is 0.338 e. The number of fused-ring (bicyclic) bond motifs is 1. The average molecular weight is 340 g/mol. The van der Waals surface area contributed by atoms with E-state index in [0.717, 1.165) is 43.9 Å². The maximum atomic E-state index is 13.4. The fraction of sp³-hybridized carbons (Fsp3) is 0.421. The van der Waals surface area contributed by atoms with Crippen LogP contribution < -0.4 is 5.32 Å². The van der Waals surface area contributed by atoms with Gasteiger partial charge in [-0.15, -0.1) is 0 Å². The zero-order valence-electron chi connectivity index (χ0n) is 14.0. The Kier molecular flexibility index (Phi) is 4.44. The minimum Gasteiger partial charge on any atom is -0.338 e. The van der Waals surface area contributed by atoms with Gasteiger partial charge in [-0.25, -0.2) is 14.4 Å². The summed E-state index contributed by atoms with van der Waals surface area (Å²) >= 11 is 0. The van der Waals surface area contributed by atoms with Crippen LogP contribution in [-0.2, 0) is 13.0 Å². The molecule has 1 atom stereocenters. The van der Waals surface area contributed by atoms with Crippen LogP contribution in [0.3, 0.4) is 0 Å². The fourth-order valence-electron chi connectivity index (χ4n) is 3.62. The standard InChI is InChI=1S/C19H21FN4O/c20-16-5-1-3-13(9-16)19(25)24-8-2-4-14(12-24)18-22-11-15-10-21-7-6-17(15)23-18/h1,3,5,9,11,14,21H,2,4,6-8,10,12H2/t14-/m1/s1.